The normalized spacial score (nSPS) is 11.8. The minimum absolute atomic E-state index is 0.0442. The van der Waals surface area contributed by atoms with Gasteiger partial charge >= 0.3 is 5.97 Å². The second-order valence-electron chi connectivity index (χ2n) is 3.81. The van der Waals surface area contributed by atoms with Gasteiger partial charge in [0.05, 0.1) is 10.9 Å². The van der Waals surface area contributed by atoms with Crippen molar-refractivity contribution >= 4 is 43.3 Å². The standard InChI is InChI=1S/C11H16BrNO5S2/c1-3-13(5-4-6-14)20(16,17)9-7-8(11(15)18-2)19-10(9)12/h7,14H,3-6H2,1-2H3. The van der Waals surface area contributed by atoms with Gasteiger partial charge in [-0.05, 0) is 28.4 Å². The highest BCUT2D eigenvalue weighted by Crippen LogP contribution is 2.33. The number of ether oxygens (including phenoxy) is 1. The van der Waals surface area contributed by atoms with E-state index in [1.165, 1.54) is 17.5 Å². The summed E-state index contributed by atoms with van der Waals surface area (Å²) in [6, 6.07) is 1.30. The van der Waals surface area contributed by atoms with Gasteiger partial charge in [0.2, 0.25) is 10.0 Å². The summed E-state index contributed by atoms with van der Waals surface area (Å²) in [5.74, 6) is -0.574. The van der Waals surface area contributed by atoms with Crippen LogP contribution >= 0.6 is 27.3 Å². The molecule has 0 atom stereocenters. The molecule has 1 rings (SSSR count). The Bertz CT molecular complexity index is 569. The van der Waals surface area contributed by atoms with Gasteiger partial charge in [-0.2, -0.15) is 4.31 Å². The van der Waals surface area contributed by atoms with Crippen molar-refractivity contribution in [2.24, 2.45) is 0 Å². The smallest absolute Gasteiger partial charge is 0.348 e. The molecule has 1 N–H and O–H groups in total. The van der Waals surface area contributed by atoms with Gasteiger partial charge in [-0.15, -0.1) is 11.3 Å². The third kappa shape index (κ3) is 3.79. The van der Waals surface area contributed by atoms with E-state index in [0.717, 1.165) is 11.3 Å². The fraction of sp³-hybridized carbons (Fsp3) is 0.545. The topological polar surface area (TPSA) is 83.9 Å². The van der Waals surface area contributed by atoms with Crippen LogP contribution in [-0.4, -0.2) is 50.6 Å². The number of carbonyl (C=O) groups excluding carboxylic acids is 1. The fourth-order valence-electron chi connectivity index (χ4n) is 1.56. The minimum Gasteiger partial charge on any atom is -0.465 e. The van der Waals surface area contributed by atoms with E-state index in [-0.39, 0.29) is 29.5 Å². The van der Waals surface area contributed by atoms with Crippen molar-refractivity contribution in [2.45, 2.75) is 18.2 Å². The van der Waals surface area contributed by atoms with Gasteiger partial charge in [0, 0.05) is 19.7 Å². The number of carbonyl (C=O) groups is 1. The number of thiophene rings is 1. The van der Waals surface area contributed by atoms with Gasteiger partial charge in [-0.25, -0.2) is 13.2 Å². The van der Waals surface area contributed by atoms with Crippen LogP contribution in [0.2, 0.25) is 0 Å². The average Bonchev–Trinajstić information content (AvgIpc) is 2.81. The summed E-state index contributed by atoms with van der Waals surface area (Å²) in [5.41, 5.74) is 0. The van der Waals surface area contributed by atoms with E-state index >= 15 is 0 Å². The van der Waals surface area contributed by atoms with Crippen molar-refractivity contribution in [1.82, 2.24) is 4.31 Å². The minimum atomic E-state index is -3.70. The molecule has 6 nitrogen and oxygen atoms in total. The zero-order valence-electron chi connectivity index (χ0n) is 11.1. The number of aliphatic hydroxyl groups is 1. The van der Waals surface area contributed by atoms with Gasteiger partial charge < -0.3 is 9.84 Å². The van der Waals surface area contributed by atoms with Crippen LogP contribution in [0.5, 0.6) is 0 Å². The lowest BCUT2D eigenvalue weighted by Gasteiger charge is -2.19. The fourth-order valence-corrected chi connectivity index (χ4v) is 5.48. The Kier molecular flexibility index (Phi) is 6.59. The molecular formula is C11H16BrNO5S2. The lowest BCUT2D eigenvalue weighted by atomic mass is 10.4. The highest BCUT2D eigenvalue weighted by molar-refractivity contribution is 9.11. The predicted molar refractivity (Wildman–Crippen MR) is 79.5 cm³/mol. The Balaban J connectivity index is 3.14. The molecule has 0 aliphatic rings. The van der Waals surface area contributed by atoms with E-state index in [1.54, 1.807) is 6.92 Å². The monoisotopic (exact) mass is 385 g/mol. The maximum atomic E-state index is 12.5. The van der Waals surface area contributed by atoms with E-state index in [0.29, 0.717) is 10.2 Å². The molecule has 1 aromatic heterocycles. The first-order valence-electron chi connectivity index (χ1n) is 5.87. The number of halogens is 1. The number of sulfonamides is 1. The molecule has 0 fully saturated rings. The van der Waals surface area contributed by atoms with Crippen LogP contribution in [0.25, 0.3) is 0 Å². The second kappa shape index (κ2) is 7.51. The van der Waals surface area contributed by atoms with Crippen molar-refractivity contribution in [3.63, 3.8) is 0 Å². The molecule has 0 unspecified atom stereocenters. The van der Waals surface area contributed by atoms with E-state index in [1.807, 2.05) is 0 Å². The van der Waals surface area contributed by atoms with Gasteiger partial charge in [0.25, 0.3) is 0 Å². The largest absolute Gasteiger partial charge is 0.465 e. The first-order chi connectivity index (χ1) is 9.38. The van der Waals surface area contributed by atoms with Gasteiger partial charge in [-0.3, -0.25) is 0 Å². The molecule has 0 aliphatic carbocycles. The molecule has 0 bridgehead atoms. The van der Waals surface area contributed by atoms with Crippen LogP contribution in [0.3, 0.4) is 0 Å². The maximum absolute atomic E-state index is 12.5. The van der Waals surface area contributed by atoms with Crippen LogP contribution in [0.15, 0.2) is 14.7 Å². The summed E-state index contributed by atoms with van der Waals surface area (Å²) in [6.07, 6.45) is 0.360. The van der Waals surface area contributed by atoms with Crippen LogP contribution in [-0.2, 0) is 14.8 Å². The zero-order chi connectivity index (χ0) is 15.3. The number of rotatable bonds is 7. The number of aliphatic hydroxyl groups excluding tert-OH is 1. The molecule has 114 valence electrons. The van der Waals surface area contributed by atoms with Gasteiger partial charge in [0.15, 0.2) is 0 Å². The number of nitrogens with zero attached hydrogens (tertiary/aromatic N) is 1. The summed E-state index contributed by atoms with van der Waals surface area (Å²) in [7, 11) is -2.46. The van der Waals surface area contributed by atoms with Crippen molar-refractivity contribution in [1.29, 1.82) is 0 Å². The zero-order valence-corrected chi connectivity index (χ0v) is 14.3. The van der Waals surface area contributed by atoms with Crippen molar-refractivity contribution in [2.75, 3.05) is 26.8 Å². The van der Waals surface area contributed by atoms with Crippen LogP contribution < -0.4 is 0 Å². The Hall–Kier alpha value is -0.480. The lowest BCUT2D eigenvalue weighted by molar-refractivity contribution is 0.0606. The highest BCUT2D eigenvalue weighted by atomic mass is 79.9. The highest BCUT2D eigenvalue weighted by Gasteiger charge is 2.28. The van der Waals surface area contributed by atoms with Crippen LogP contribution in [0.4, 0.5) is 0 Å². The number of methoxy groups -OCH3 is 1. The molecule has 0 amide bonds. The Morgan fingerprint density at radius 1 is 1.55 bits per heavy atom. The Morgan fingerprint density at radius 2 is 2.20 bits per heavy atom. The summed E-state index contributed by atoms with van der Waals surface area (Å²) >= 11 is 4.18. The van der Waals surface area contributed by atoms with Gasteiger partial charge in [-0.1, -0.05) is 6.92 Å². The molecule has 0 spiro atoms. The van der Waals surface area contributed by atoms with E-state index in [4.69, 9.17) is 5.11 Å². The molecule has 20 heavy (non-hydrogen) atoms. The second-order valence-corrected chi connectivity index (χ2v) is 8.09. The molecular weight excluding hydrogens is 370 g/mol. The first-order valence-corrected chi connectivity index (χ1v) is 8.92. The third-order valence-corrected chi connectivity index (χ3v) is 6.78. The summed E-state index contributed by atoms with van der Waals surface area (Å²) in [4.78, 5) is 11.7. The number of hydrogen-bond acceptors (Lipinski definition) is 6. The molecule has 9 heteroatoms. The van der Waals surface area contributed by atoms with E-state index < -0.39 is 16.0 Å². The Labute approximate surface area is 130 Å². The average molecular weight is 386 g/mol. The molecule has 0 saturated heterocycles. The molecule has 0 aromatic carbocycles. The molecule has 0 saturated carbocycles. The SMILES string of the molecule is CCN(CCCO)S(=O)(=O)c1cc(C(=O)OC)sc1Br. The molecule has 1 aromatic rings. The molecule has 1 heterocycles. The van der Waals surface area contributed by atoms with E-state index in [2.05, 4.69) is 20.7 Å². The summed E-state index contributed by atoms with van der Waals surface area (Å²) in [6.45, 7) is 2.16. The van der Waals surface area contributed by atoms with Crippen LogP contribution in [0, 0.1) is 0 Å². The van der Waals surface area contributed by atoms with Crippen molar-refractivity contribution < 1.29 is 23.1 Å². The third-order valence-electron chi connectivity index (χ3n) is 2.58. The summed E-state index contributed by atoms with van der Waals surface area (Å²) < 4.78 is 31.2. The maximum Gasteiger partial charge on any atom is 0.348 e. The number of esters is 1. The molecule has 0 radical (unpaired) electrons. The van der Waals surface area contributed by atoms with Crippen molar-refractivity contribution in [3.05, 3.63) is 14.7 Å². The van der Waals surface area contributed by atoms with Gasteiger partial charge in [0.1, 0.15) is 9.77 Å². The van der Waals surface area contributed by atoms with E-state index in [9.17, 15) is 13.2 Å². The predicted octanol–water partition coefficient (Wildman–Crippen LogP) is 1.69. The Morgan fingerprint density at radius 3 is 2.70 bits per heavy atom. The summed E-state index contributed by atoms with van der Waals surface area (Å²) in [5, 5.41) is 8.82. The lowest BCUT2D eigenvalue weighted by Crippen LogP contribution is -2.32. The molecule has 0 aliphatic heterocycles. The number of hydrogen-bond donors (Lipinski definition) is 1. The van der Waals surface area contributed by atoms with Crippen molar-refractivity contribution in [3.8, 4) is 0 Å². The quantitative estimate of drug-likeness (QED) is 0.721. The first kappa shape index (κ1) is 17.6. The van der Waals surface area contributed by atoms with Crippen LogP contribution in [0.1, 0.15) is 23.0 Å².